The summed E-state index contributed by atoms with van der Waals surface area (Å²) in [5, 5.41) is 12.2. The van der Waals surface area contributed by atoms with E-state index in [2.05, 4.69) is 146 Å². The van der Waals surface area contributed by atoms with Gasteiger partial charge >= 0.3 is 0 Å². The van der Waals surface area contributed by atoms with Crippen LogP contribution in [-0.4, -0.2) is 0 Å². The molecule has 1 heterocycles. The largest absolute Gasteiger partial charge is 0.456 e. The molecule has 41 heavy (non-hydrogen) atoms. The molecule has 1 nitrogen and oxygen atoms in total. The first kappa shape index (κ1) is 22.4. The van der Waals surface area contributed by atoms with Crippen LogP contribution in [-0.2, 0) is 0 Å². The van der Waals surface area contributed by atoms with Gasteiger partial charge < -0.3 is 4.42 Å². The van der Waals surface area contributed by atoms with E-state index in [1.807, 2.05) is 0 Å². The minimum Gasteiger partial charge on any atom is -0.456 e. The van der Waals surface area contributed by atoms with Crippen LogP contribution in [0.4, 0.5) is 0 Å². The average molecular weight is 521 g/mol. The van der Waals surface area contributed by atoms with Gasteiger partial charge in [-0.3, -0.25) is 0 Å². The molecule has 0 aliphatic heterocycles. The zero-order valence-electron chi connectivity index (χ0n) is 22.3. The Balaban J connectivity index is 1.55. The second-order valence-corrected chi connectivity index (χ2v) is 10.9. The van der Waals surface area contributed by atoms with Gasteiger partial charge in [0.2, 0.25) is 0 Å². The van der Waals surface area contributed by atoms with Gasteiger partial charge in [-0.15, -0.1) is 0 Å². The highest BCUT2D eigenvalue weighted by Gasteiger charge is 2.22. The average Bonchev–Trinajstić information content (AvgIpc) is 3.38. The summed E-state index contributed by atoms with van der Waals surface area (Å²) in [5.41, 5.74) is 6.84. The fourth-order valence-electron chi connectivity index (χ4n) is 6.86. The zero-order chi connectivity index (χ0) is 26.9. The Morgan fingerprint density at radius 3 is 1.46 bits per heavy atom. The highest BCUT2D eigenvalue weighted by molar-refractivity contribution is 6.30. The van der Waals surface area contributed by atoms with E-state index in [1.165, 1.54) is 70.7 Å². The topological polar surface area (TPSA) is 13.1 Å². The quantitative estimate of drug-likeness (QED) is 0.207. The van der Waals surface area contributed by atoms with Gasteiger partial charge in [0.15, 0.2) is 0 Å². The summed E-state index contributed by atoms with van der Waals surface area (Å²) < 4.78 is 6.65. The first-order chi connectivity index (χ1) is 20.3. The molecule has 9 aromatic rings. The Morgan fingerprint density at radius 1 is 0.317 bits per heavy atom. The molecule has 1 heteroatoms. The van der Waals surface area contributed by atoms with Crippen LogP contribution >= 0.6 is 0 Å². The number of hydrogen-bond donors (Lipinski definition) is 0. The third kappa shape index (κ3) is 3.24. The highest BCUT2D eigenvalue weighted by Crippen LogP contribution is 2.49. The van der Waals surface area contributed by atoms with Gasteiger partial charge in [-0.2, -0.15) is 0 Å². The standard InChI is InChI=1S/C40H24O/c1-2-12-25(13-3-1)37-30-18-8-10-20-32(30)38(33-21-11-9-19-31(33)37)40-29-17-7-6-16-28(29)24-36-39(40)34-22-26-14-4-5-15-27(26)23-35(34)41-36/h1-24H. The SMILES string of the molecule is c1ccc(-c2c3ccccc3c(-c3c4ccccc4cc4oc5cc6ccccc6cc5c34)c3ccccc23)cc1. The van der Waals surface area contributed by atoms with Gasteiger partial charge in [0, 0.05) is 16.3 Å². The summed E-state index contributed by atoms with van der Waals surface area (Å²) >= 11 is 0. The maximum Gasteiger partial charge on any atom is 0.136 e. The molecule has 0 N–H and O–H groups in total. The molecule has 0 amide bonds. The lowest BCUT2D eigenvalue weighted by Gasteiger charge is -2.19. The predicted octanol–water partition coefficient (Wildman–Crippen LogP) is 11.5. The molecule has 0 aliphatic carbocycles. The summed E-state index contributed by atoms with van der Waals surface area (Å²) in [6.07, 6.45) is 0. The minimum atomic E-state index is 0.921. The Labute approximate surface area is 236 Å². The van der Waals surface area contributed by atoms with Crippen molar-refractivity contribution in [2.24, 2.45) is 0 Å². The van der Waals surface area contributed by atoms with Gasteiger partial charge in [-0.25, -0.2) is 0 Å². The van der Waals surface area contributed by atoms with E-state index < -0.39 is 0 Å². The first-order valence-corrected chi connectivity index (χ1v) is 14.1. The van der Waals surface area contributed by atoms with Crippen LogP contribution in [0.25, 0.3) is 87.3 Å². The molecule has 0 bridgehead atoms. The Morgan fingerprint density at radius 2 is 0.805 bits per heavy atom. The monoisotopic (exact) mass is 520 g/mol. The molecule has 190 valence electrons. The second-order valence-electron chi connectivity index (χ2n) is 10.9. The number of rotatable bonds is 2. The molecule has 0 aliphatic rings. The van der Waals surface area contributed by atoms with Crippen molar-refractivity contribution in [1.29, 1.82) is 0 Å². The Kier molecular flexibility index (Phi) is 4.67. The lowest BCUT2D eigenvalue weighted by molar-refractivity contribution is 0.670. The van der Waals surface area contributed by atoms with E-state index in [9.17, 15) is 0 Å². The molecule has 0 saturated heterocycles. The molecule has 0 fully saturated rings. The molecular formula is C40H24O. The third-order valence-corrected chi connectivity index (χ3v) is 8.59. The van der Waals surface area contributed by atoms with Crippen molar-refractivity contribution >= 4 is 65.0 Å². The van der Waals surface area contributed by atoms with E-state index >= 15 is 0 Å². The fraction of sp³-hybridized carbons (Fsp3) is 0. The van der Waals surface area contributed by atoms with Crippen LogP contribution in [0.5, 0.6) is 0 Å². The lowest BCUT2D eigenvalue weighted by Crippen LogP contribution is -1.92. The van der Waals surface area contributed by atoms with Crippen LogP contribution in [0.3, 0.4) is 0 Å². The van der Waals surface area contributed by atoms with Gasteiger partial charge in [0.25, 0.3) is 0 Å². The molecule has 1 aromatic heterocycles. The molecule has 0 unspecified atom stereocenters. The number of fused-ring (bicyclic) bond motifs is 7. The van der Waals surface area contributed by atoms with E-state index in [0.29, 0.717) is 0 Å². The van der Waals surface area contributed by atoms with Crippen LogP contribution in [0, 0.1) is 0 Å². The number of hydrogen-bond acceptors (Lipinski definition) is 1. The minimum absolute atomic E-state index is 0.921. The summed E-state index contributed by atoms with van der Waals surface area (Å²) in [4.78, 5) is 0. The van der Waals surface area contributed by atoms with Crippen molar-refractivity contribution in [2.45, 2.75) is 0 Å². The number of furan rings is 1. The molecule has 8 aromatic carbocycles. The predicted molar refractivity (Wildman–Crippen MR) is 175 cm³/mol. The van der Waals surface area contributed by atoms with Crippen molar-refractivity contribution in [3.63, 3.8) is 0 Å². The van der Waals surface area contributed by atoms with Crippen molar-refractivity contribution in [3.05, 3.63) is 146 Å². The molecule has 0 radical (unpaired) electrons. The van der Waals surface area contributed by atoms with E-state index in [4.69, 9.17) is 4.42 Å². The van der Waals surface area contributed by atoms with Gasteiger partial charge in [-0.05, 0) is 78.0 Å². The van der Waals surface area contributed by atoms with Crippen molar-refractivity contribution < 1.29 is 4.42 Å². The maximum absolute atomic E-state index is 6.65. The normalized spacial score (nSPS) is 11.9. The Bertz CT molecular complexity index is 2410. The molecule has 0 saturated carbocycles. The van der Waals surface area contributed by atoms with Crippen LogP contribution in [0.15, 0.2) is 150 Å². The molecule has 0 atom stereocenters. The zero-order valence-corrected chi connectivity index (χ0v) is 22.3. The highest BCUT2D eigenvalue weighted by atomic mass is 16.3. The van der Waals surface area contributed by atoms with E-state index in [1.54, 1.807) is 0 Å². The summed E-state index contributed by atoms with van der Waals surface area (Å²) in [6.45, 7) is 0. The summed E-state index contributed by atoms with van der Waals surface area (Å²) in [7, 11) is 0. The molecular weight excluding hydrogens is 496 g/mol. The van der Waals surface area contributed by atoms with Crippen molar-refractivity contribution in [1.82, 2.24) is 0 Å². The van der Waals surface area contributed by atoms with Crippen LogP contribution in [0.1, 0.15) is 0 Å². The number of benzene rings is 8. The summed E-state index contributed by atoms with van der Waals surface area (Å²) in [6, 6.07) is 52.5. The van der Waals surface area contributed by atoms with Gasteiger partial charge in [0.05, 0.1) is 0 Å². The van der Waals surface area contributed by atoms with Crippen LogP contribution in [0.2, 0.25) is 0 Å². The van der Waals surface area contributed by atoms with Crippen molar-refractivity contribution in [2.75, 3.05) is 0 Å². The first-order valence-electron chi connectivity index (χ1n) is 14.1. The summed E-state index contributed by atoms with van der Waals surface area (Å²) in [5.74, 6) is 0. The smallest absolute Gasteiger partial charge is 0.136 e. The van der Waals surface area contributed by atoms with Gasteiger partial charge in [0.1, 0.15) is 11.2 Å². The third-order valence-electron chi connectivity index (χ3n) is 8.59. The Hall–Kier alpha value is -5.40. The van der Waals surface area contributed by atoms with Crippen LogP contribution < -0.4 is 0 Å². The maximum atomic E-state index is 6.65. The molecule has 0 spiro atoms. The van der Waals surface area contributed by atoms with Gasteiger partial charge in [-0.1, -0.05) is 127 Å². The fourth-order valence-corrected chi connectivity index (χ4v) is 6.86. The second kappa shape index (κ2) is 8.55. The lowest BCUT2D eigenvalue weighted by atomic mass is 9.83. The molecule has 9 rings (SSSR count). The van der Waals surface area contributed by atoms with Crippen molar-refractivity contribution in [3.8, 4) is 22.3 Å². The van der Waals surface area contributed by atoms with E-state index in [-0.39, 0.29) is 0 Å². The van der Waals surface area contributed by atoms with E-state index in [0.717, 1.165) is 16.6 Å².